The summed E-state index contributed by atoms with van der Waals surface area (Å²) in [5, 5.41) is 10.0. The monoisotopic (exact) mass is 711 g/mol. The maximum absolute atomic E-state index is 14.2. The number of hydrogen-bond acceptors (Lipinski definition) is 4. The summed E-state index contributed by atoms with van der Waals surface area (Å²) >= 11 is 0. The van der Waals surface area contributed by atoms with E-state index in [9.17, 15) is 31.6 Å². The van der Waals surface area contributed by atoms with E-state index in [1.807, 2.05) is 60.7 Å². The van der Waals surface area contributed by atoms with Gasteiger partial charge >= 0.3 is 12.4 Å². The number of benzene rings is 6. The van der Waals surface area contributed by atoms with Crippen LogP contribution in [-0.4, -0.2) is 19.5 Å². The number of fused-ring (bicyclic) bond motifs is 3. The van der Waals surface area contributed by atoms with Gasteiger partial charge in [-0.15, -0.1) is 0 Å². The Kier molecular flexibility index (Phi) is 8.03. The van der Waals surface area contributed by atoms with Crippen LogP contribution in [0.5, 0.6) is 0 Å². The molecule has 0 radical (unpaired) electrons. The highest BCUT2D eigenvalue weighted by molar-refractivity contribution is 6.10. The van der Waals surface area contributed by atoms with Gasteiger partial charge in [-0.1, -0.05) is 91.0 Å². The summed E-state index contributed by atoms with van der Waals surface area (Å²) in [6.07, 6.45) is -9.47. The van der Waals surface area contributed by atoms with E-state index in [0.29, 0.717) is 55.8 Å². The Balaban J connectivity index is 1.49. The van der Waals surface area contributed by atoms with Crippen molar-refractivity contribution in [3.05, 3.63) is 156 Å². The molecule has 0 unspecified atom stereocenters. The van der Waals surface area contributed by atoms with Crippen molar-refractivity contribution in [2.24, 2.45) is 0 Å². The average molecular weight is 712 g/mol. The zero-order valence-electron chi connectivity index (χ0n) is 27.3. The molecule has 8 aromatic rings. The van der Waals surface area contributed by atoms with Crippen molar-refractivity contribution in [2.45, 2.75) is 12.4 Å². The first kappa shape index (κ1) is 33.3. The molecule has 5 nitrogen and oxygen atoms in total. The van der Waals surface area contributed by atoms with Crippen molar-refractivity contribution in [3.63, 3.8) is 0 Å². The number of rotatable bonds is 5. The largest absolute Gasteiger partial charge is 0.416 e. The van der Waals surface area contributed by atoms with Gasteiger partial charge in [0.1, 0.15) is 0 Å². The van der Waals surface area contributed by atoms with Crippen molar-refractivity contribution >= 4 is 21.8 Å². The van der Waals surface area contributed by atoms with Gasteiger partial charge in [-0.2, -0.15) is 31.6 Å². The van der Waals surface area contributed by atoms with Crippen LogP contribution in [0.1, 0.15) is 16.7 Å². The van der Waals surface area contributed by atoms with E-state index in [-0.39, 0.29) is 22.5 Å². The Hall–Kier alpha value is -6.80. The van der Waals surface area contributed by atoms with Gasteiger partial charge in [-0.3, -0.25) is 0 Å². The number of halogens is 6. The lowest BCUT2D eigenvalue weighted by Crippen LogP contribution is -2.07. The fourth-order valence-electron chi connectivity index (χ4n) is 6.38. The molecule has 0 saturated heterocycles. The number of nitriles is 1. The molecule has 6 aromatic carbocycles. The lowest BCUT2D eigenvalue weighted by molar-refractivity contribution is -0.138. The second kappa shape index (κ2) is 12.8. The summed E-state index contributed by atoms with van der Waals surface area (Å²) in [4.78, 5) is 14.4. The van der Waals surface area contributed by atoms with Gasteiger partial charge in [0.2, 0.25) is 0 Å². The SMILES string of the molecule is N#Cc1ccc(-c2ccc(-c3nc(-c4ccccc4)nc(-c4ccccc4)n3)c(-n3c4cc(C(F)(F)F)ccc4c4ccc(C(F)(F)F)cc43)c2)cc1. The van der Waals surface area contributed by atoms with Gasteiger partial charge in [0.15, 0.2) is 17.5 Å². The minimum Gasteiger partial charge on any atom is -0.308 e. The van der Waals surface area contributed by atoms with Gasteiger partial charge in [0.25, 0.3) is 0 Å². The van der Waals surface area contributed by atoms with E-state index in [0.717, 1.165) is 24.3 Å². The number of alkyl halides is 6. The van der Waals surface area contributed by atoms with E-state index >= 15 is 0 Å². The minimum atomic E-state index is -4.73. The van der Waals surface area contributed by atoms with E-state index in [2.05, 4.69) is 6.07 Å². The third-order valence-electron chi connectivity index (χ3n) is 8.95. The molecule has 53 heavy (non-hydrogen) atoms. The lowest BCUT2D eigenvalue weighted by atomic mass is 10.00. The Bertz CT molecular complexity index is 2570. The summed E-state index contributed by atoms with van der Waals surface area (Å²) in [6.45, 7) is 0. The third kappa shape index (κ3) is 6.25. The van der Waals surface area contributed by atoms with Crippen LogP contribution in [0.25, 0.3) is 72.8 Å². The van der Waals surface area contributed by atoms with E-state index in [4.69, 9.17) is 15.0 Å². The van der Waals surface area contributed by atoms with Crippen molar-refractivity contribution in [1.82, 2.24) is 19.5 Å². The van der Waals surface area contributed by atoms with Gasteiger partial charge in [0.05, 0.1) is 39.5 Å². The molecule has 0 fully saturated rings. The number of hydrogen-bond donors (Lipinski definition) is 0. The first-order valence-corrected chi connectivity index (χ1v) is 16.2. The number of aromatic nitrogens is 4. The summed E-state index contributed by atoms with van der Waals surface area (Å²) in [5.41, 5.74) is 1.71. The van der Waals surface area contributed by atoms with Crippen molar-refractivity contribution in [3.8, 4) is 57.0 Å². The normalized spacial score (nSPS) is 11.9. The van der Waals surface area contributed by atoms with E-state index in [1.54, 1.807) is 42.5 Å². The standard InChI is InChI=1S/C42H23F6N5/c43-41(44,45)30-16-19-32-33-20-17-31(42(46,47)48)23-37(33)53(36(32)22-30)35-21-29(26-13-11-25(24-49)12-14-26)15-18-34(35)40-51-38(27-7-3-1-4-8-27)50-39(52-40)28-9-5-2-6-10-28/h1-23H. The first-order chi connectivity index (χ1) is 25.5. The highest BCUT2D eigenvalue weighted by atomic mass is 19.4. The summed E-state index contributed by atoms with van der Waals surface area (Å²) in [5.74, 6) is 0.781. The van der Waals surface area contributed by atoms with Crippen molar-refractivity contribution in [1.29, 1.82) is 5.26 Å². The Morgan fingerprint density at radius 3 is 1.42 bits per heavy atom. The van der Waals surface area contributed by atoms with Crippen LogP contribution >= 0.6 is 0 Å². The maximum Gasteiger partial charge on any atom is 0.416 e. The van der Waals surface area contributed by atoms with Gasteiger partial charge < -0.3 is 4.57 Å². The molecule has 0 bridgehead atoms. The van der Waals surface area contributed by atoms with Crippen LogP contribution in [0.4, 0.5) is 26.3 Å². The molecule has 2 aromatic heterocycles. The highest BCUT2D eigenvalue weighted by Gasteiger charge is 2.33. The molecule has 11 heteroatoms. The van der Waals surface area contributed by atoms with Crippen molar-refractivity contribution < 1.29 is 26.3 Å². The molecule has 8 rings (SSSR count). The Morgan fingerprint density at radius 1 is 0.472 bits per heavy atom. The van der Waals surface area contributed by atoms with Crippen LogP contribution < -0.4 is 0 Å². The van der Waals surface area contributed by atoms with Crippen LogP contribution in [-0.2, 0) is 12.4 Å². The topological polar surface area (TPSA) is 67.4 Å². The van der Waals surface area contributed by atoms with Crippen LogP contribution in [0.15, 0.2) is 140 Å². The molecule has 0 N–H and O–H groups in total. The zero-order chi connectivity index (χ0) is 36.9. The van der Waals surface area contributed by atoms with Crippen LogP contribution in [0.2, 0.25) is 0 Å². The summed E-state index contributed by atoms with van der Waals surface area (Å²) < 4.78 is 86.7. The lowest BCUT2D eigenvalue weighted by Gasteiger charge is -2.17. The Labute approximate surface area is 298 Å². The molecule has 2 heterocycles. The molecule has 0 spiro atoms. The van der Waals surface area contributed by atoms with Gasteiger partial charge in [-0.05, 0) is 59.7 Å². The molecule has 0 aliphatic rings. The summed E-state index contributed by atoms with van der Waals surface area (Å²) in [6, 6.07) is 38.5. The third-order valence-corrected chi connectivity index (χ3v) is 8.95. The smallest absolute Gasteiger partial charge is 0.308 e. The fourth-order valence-corrected chi connectivity index (χ4v) is 6.38. The van der Waals surface area contributed by atoms with Crippen LogP contribution in [0.3, 0.4) is 0 Å². The van der Waals surface area contributed by atoms with Crippen LogP contribution in [0, 0.1) is 11.3 Å². The van der Waals surface area contributed by atoms with E-state index < -0.39 is 23.5 Å². The molecule has 0 aliphatic carbocycles. The Morgan fingerprint density at radius 2 is 0.943 bits per heavy atom. The molecule has 0 atom stereocenters. The number of nitrogens with zero attached hydrogens (tertiary/aromatic N) is 5. The maximum atomic E-state index is 14.2. The quantitative estimate of drug-likeness (QED) is 0.167. The van der Waals surface area contributed by atoms with Gasteiger partial charge in [-0.25, -0.2) is 15.0 Å². The molecule has 0 aliphatic heterocycles. The zero-order valence-corrected chi connectivity index (χ0v) is 27.3. The first-order valence-electron chi connectivity index (χ1n) is 16.2. The minimum absolute atomic E-state index is 0.0352. The fraction of sp³-hybridized carbons (Fsp3) is 0.0476. The molecule has 0 saturated carbocycles. The molecule has 258 valence electrons. The van der Waals surface area contributed by atoms with Crippen molar-refractivity contribution in [2.75, 3.05) is 0 Å². The second-order valence-electron chi connectivity index (χ2n) is 12.3. The second-order valence-corrected chi connectivity index (χ2v) is 12.3. The average Bonchev–Trinajstić information content (AvgIpc) is 3.50. The highest BCUT2D eigenvalue weighted by Crippen LogP contribution is 2.42. The predicted octanol–water partition coefficient (Wildman–Crippen LogP) is 11.5. The molecular formula is C42H23F6N5. The summed E-state index contributed by atoms with van der Waals surface area (Å²) in [7, 11) is 0. The van der Waals surface area contributed by atoms with Gasteiger partial charge in [0, 0.05) is 27.5 Å². The molecular weight excluding hydrogens is 688 g/mol. The molecule has 0 amide bonds. The predicted molar refractivity (Wildman–Crippen MR) is 191 cm³/mol. The van der Waals surface area contributed by atoms with E-state index in [1.165, 1.54) is 16.7 Å².